The fourth-order valence-corrected chi connectivity index (χ4v) is 3.80. The van der Waals surface area contributed by atoms with Gasteiger partial charge in [0.05, 0.1) is 19.1 Å². The highest BCUT2D eigenvalue weighted by Gasteiger charge is 2.34. The predicted molar refractivity (Wildman–Crippen MR) is 89.1 cm³/mol. The summed E-state index contributed by atoms with van der Waals surface area (Å²) in [6, 6.07) is 3.04. The van der Waals surface area contributed by atoms with Crippen molar-refractivity contribution in [3.8, 4) is 0 Å². The number of methoxy groups -OCH3 is 1. The van der Waals surface area contributed by atoms with E-state index < -0.39 is 12.0 Å². The number of esters is 1. The average molecular weight is 354 g/mol. The smallest absolute Gasteiger partial charge is 0.328 e. The molecule has 1 aliphatic heterocycles. The first-order valence-electron chi connectivity index (χ1n) is 7.82. The summed E-state index contributed by atoms with van der Waals surface area (Å²) < 4.78 is 10.1. The summed E-state index contributed by atoms with van der Waals surface area (Å²) in [5.74, 6) is 0.590. The Labute approximate surface area is 145 Å². The second-order valence-corrected chi connectivity index (χ2v) is 6.61. The lowest BCUT2D eigenvalue weighted by Gasteiger charge is -2.22. The van der Waals surface area contributed by atoms with Gasteiger partial charge >= 0.3 is 5.97 Å². The second kappa shape index (κ2) is 8.77. The molecule has 2 rings (SSSR count). The highest BCUT2D eigenvalue weighted by molar-refractivity contribution is 8.00. The fourth-order valence-electron chi connectivity index (χ4n) is 2.63. The van der Waals surface area contributed by atoms with Gasteiger partial charge in [-0.15, -0.1) is 11.8 Å². The third-order valence-corrected chi connectivity index (χ3v) is 4.98. The molecule has 1 aromatic rings. The van der Waals surface area contributed by atoms with Crippen LogP contribution in [0.15, 0.2) is 22.8 Å². The Bertz CT molecular complexity index is 575. The summed E-state index contributed by atoms with van der Waals surface area (Å²) >= 11 is 1.55. The van der Waals surface area contributed by atoms with Crippen molar-refractivity contribution in [2.75, 3.05) is 19.4 Å². The molecule has 2 unspecified atom stereocenters. The molecule has 132 valence electrons. The Morgan fingerprint density at radius 3 is 2.92 bits per heavy atom. The number of hydrogen-bond acceptors (Lipinski definition) is 6. The summed E-state index contributed by atoms with van der Waals surface area (Å²) in [5, 5.41) is 2.50. The molecule has 0 aliphatic carbocycles. The summed E-state index contributed by atoms with van der Waals surface area (Å²) in [6.45, 7) is 1.95. The minimum atomic E-state index is -0.642. The highest BCUT2D eigenvalue weighted by Crippen LogP contribution is 2.38. The van der Waals surface area contributed by atoms with Crippen LogP contribution < -0.4 is 5.32 Å². The van der Waals surface area contributed by atoms with E-state index in [0.29, 0.717) is 25.1 Å². The first-order valence-corrected chi connectivity index (χ1v) is 8.87. The van der Waals surface area contributed by atoms with Crippen LogP contribution in [0.5, 0.6) is 0 Å². The van der Waals surface area contributed by atoms with Crippen molar-refractivity contribution >= 4 is 29.5 Å². The summed E-state index contributed by atoms with van der Waals surface area (Å²) in [5.41, 5.74) is 0. The SMILES string of the molecule is COC(=O)C(CCCCN1C(=O)CSC1c1ccco1)NC(C)=O. The summed E-state index contributed by atoms with van der Waals surface area (Å²) in [7, 11) is 1.30. The Morgan fingerprint density at radius 2 is 2.29 bits per heavy atom. The van der Waals surface area contributed by atoms with Crippen LogP contribution in [0.1, 0.15) is 37.3 Å². The van der Waals surface area contributed by atoms with Gasteiger partial charge in [-0.1, -0.05) is 0 Å². The first-order chi connectivity index (χ1) is 11.5. The van der Waals surface area contributed by atoms with Crippen LogP contribution in [0, 0.1) is 0 Å². The standard InChI is InChI=1S/C16H22N2O5S/c1-11(19)17-12(16(21)22-2)6-3-4-8-18-14(20)10-24-15(18)13-7-5-9-23-13/h5,7,9,12,15H,3-4,6,8,10H2,1-2H3,(H,17,19). The van der Waals surface area contributed by atoms with Crippen LogP contribution in [0.3, 0.4) is 0 Å². The Morgan fingerprint density at radius 1 is 1.50 bits per heavy atom. The number of amides is 2. The quantitative estimate of drug-likeness (QED) is 0.565. The predicted octanol–water partition coefficient (Wildman–Crippen LogP) is 1.70. The molecule has 2 heterocycles. The molecule has 2 amide bonds. The van der Waals surface area contributed by atoms with E-state index in [1.165, 1.54) is 14.0 Å². The molecule has 8 heteroatoms. The molecule has 0 radical (unpaired) electrons. The van der Waals surface area contributed by atoms with Gasteiger partial charge in [-0.25, -0.2) is 4.79 Å². The number of nitrogens with one attached hydrogen (secondary N) is 1. The molecule has 7 nitrogen and oxygen atoms in total. The Kier molecular flexibility index (Phi) is 6.72. The van der Waals surface area contributed by atoms with Crippen LogP contribution in [-0.4, -0.2) is 48.1 Å². The molecule has 0 aromatic carbocycles. The molecule has 1 fully saturated rings. The fraction of sp³-hybridized carbons (Fsp3) is 0.562. The van der Waals surface area contributed by atoms with Crippen LogP contribution in [0.2, 0.25) is 0 Å². The maximum absolute atomic E-state index is 12.0. The minimum Gasteiger partial charge on any atom is -0.467 e. The lowest BCUT2D eigenvalue weighted by Crippen LogP contribution is -2.40. The minimum absolute atomic E-state index is 0.0840. The van der Waals surface area contributed by atoms with Gasteiger partial charge in [0.25, 0.3) is 0 Å². The molecule has 1 N–H and O–H groups in total. The van der Waals surface area contributed by atoms with E-state index in [2.05, 4.69) is 5.32 Å². The first kappa shape index (κ1) is 18.4. The highest BCUT2D eigenvalue weighted by atomic mass is 32.2. The van der Waals surface area contributed by atoms with Crippen molar-refractivity contribution in [3.63, 3.8) is 0 Å². The molecule has 1 saturated heterocycles. The van der Waals surface area contributed by atoms with E-state index in [1.54, 1.807) is 22.9 Å². The Hall–Kier alpha value is -1.96. The normalized spacial score (nSPS) is 18.5. The van der Waals surface area contributed by atoms with E-state index in [1.807, 2.05) is 12.1 Å². The maximum Gasteiger partial charge on any atom is 0.328 e. The summed E-state index contributed by atoms with van der Waals surface area (Å²) in [4.78, 5) is 36.6. The van der Waals surface area contributed by atoms with Crippen LogP contribution >= 0.6 is 11.8 Å². The molecule has 24 heavy (non-hydrogen) atoms. The molecule has 0 saturated carbocycles. The zero-order chi connectivity index (χ0) is 17.5. The molecule has 2 atom stereocenters. The van der Waals surface area contributed by atoms with Gasteiger partial charge in [-0.2, -0.15) is 0 Å². The molecule has 1 aliphatic rings. The number of carbonyl (C=O) groups excluding carboxylic acids is 3. The van der Waals surface area contributed by atoms with Crippen LogP contribution in [0.4, 0.5) is 0 Å². The van der Waals surface area contributed by atoms with E-state index in [-0.39, 0.29) is 17.2 Å². The molecule has 1 aromatic heterocycles. The third kappa shape index (κ3) is 4.77. The topological polar surface area (TPSA) is 88.8 Å². The largest absolute Gasteiger partial charge is 0.467 e. The lowest BCUT2D eigenvalue weighted by molar-refractivity contribution is -0.145. The van der Waals surface area contributed by atoms with Gasteiger partial charge in [0.1, 0.15) is 17.2 Å². The number of ether oxygens (including phenoxy) is 1. The third-order valence-electron chi connectivity index (χ3n) is 3.76. The number of furan rings is 1. The van der Waals surface area contributed by atoms with Crippen molar-refractivity contribution in [1.82, 2.24) is 10.2 Å². The van der Waals surface area contributed by atoms with Gasteiger partial charge in [0, 0.05) is 13.5 Å². The number of thioether (sulfide) groups is 1. The molecular weight excluding hydrogens is 332 g/mol. The van der Waals surface area contributed by atoms with Crippen molar-refractivity contribution in [1.29, 1.82) is 0 Å². The van der Waals surface area contributed by atoms with Gasteiger partial charge < -0.3 is 19.4 Å². The van der Waals surface area contributed by atoms with Gasteiger partial charge in [0.15, 0.2) is 0 Å². The van der Waals surface area contributed by atoms with E-state index in [4.69, 9.17) is 9.15 Å². The molecule has 0 bridgehead atoms. The number of hydrogen-bond donors (Lipinski definition) is 1. The van der Waals surface area contributed by atoms with Crippen molar-refractivity contribution in [3.05, 3.63) is 24.2 Å². The van der Waals surface area contributed by atoms with E-state index in [0.717, 1.165) is 12.2 Å². The van der Waals surface area contributed by atoms with Crippen LogP contribution in [0.25, 0.3) is 0 Å². The Balaban J connectivity index is 1.82. The number of nitrogens with zero attached hydrogens (tertiary/aromatic N) is 1. The van der Waals surface area contributed by atoms with Gasteiger partial charge in [-0.3, -0.25) is 9.59 Å². The second-order valence-electron chi connectivity index (χ2n) is 5.54. The summed E-state index contributed by atoms with van der Waals surface area (Å²) in [6.07, 6.45) is 3.51. The van der Waals surface area contributed by atoms with Gasteiger partial charge in [0.2, 0.25) is 11.8 Å². The number of rotatable bonds is 8. The molecule has 0 spiro atoms. The van der Waals surface area contributed by atoms with E-state index in [9.17, 15) is 14.4 Å². The molecular formula is C16H22N2O5S. The van der Waals surface area contributed by atoms with Crippen LogP contribution in [-0.2, 0) is 19.1 Å². The zero-order valence-corrected chi connectivity index (χ0v) is 14.6. The number of unbranched alkanes of at least 4 members (excludes halogenated alkanes) is 1. The monoisotopic (exact) mass is 354 g/mol. The van der Waals surface area contributed by atoms with Crippen molar-refractivity contribution in [2.45, 2.75) is 37.6 Å². The number of carbonyl (C=O) groups is 3. The maximum atomic E-state index is 12.0. The van der Waals surface area contributed by atoms with Crippen molar-refractivity contribution in [2.24, 2.45) is 0 Å². The average Bonchev–Trinajstić information content (AvgIpc) is 3.19. The van der Waals surface area contributed by atoms with E-state index >= 15 is 0 Å². The van der Waals surface area contributed by atoms with Crippen molar-refractivity contribution < 1.29 is 23.5 Å². The van der Waals surface area contributed by atoms with Gasteiger partial charge in [-0.05, 0) is 31.4 Å². The lowest BCUT2D eigenvalue weighted by atomic mass is 10.1. The zero-order valence-electron chi connectivity index (χ0n) is 13.8.